The molecule has 1 aromatic rings. The molecule has 0 aliphatic carbocycles. The van der Waals surface area contributed by atoms with Gasteiger partial charge >= 0.3 is 0 Å². The number of rotatable bonds is 1. The summed E-state index contributed by atoms with van der Waals surface area (Å²) >= 11 is 0. The molecule has 0 fully saturated rings. The van der Waals surface area contributed by atoms with Crippen LogP contribution in [0.4, 0.5) is 5.69 Å². The van der Waals surface area contributed by atoms with Gasteiger partial charge in [0.25, 0.3) is 0 Å². The Kier molecular flexibility index (Phi) is 4.70. The molecule has 12 heavy (non-hydrogen) atoms. The van der Waals surface area contributed by atoms with E-state index >= 15 is 0 Å². The van der Waals surface area contributed by atoms with E-state index in [0.717, 1.165) is 16.8 Å². The predicted molar refractivity (Wildman–Crippen MR) is 47.2 cm³/mol. The molecule has 1 nitrogen and oxygen atoms in total. The van der Waals surface area contributed by atoms with E-state index in [1.165, 1.54) is 0 Å². The molecule has 0 aliphatic heterocycles. The smallest absolute Gasteiger partial charge is 0 e. The molecule has 62 valence electrons. The first-order valence-corrected chi connectivity index (χ1v) is 3.44. The summed E-state index contributed by atoms with van der Waals surface area (Å²) in [5, 5.41) is 2.80. The van der Waals surface area contributed by atoms with E-state index in [-0.39, 0.29) is 21.1 Å². The van der Waals surface area contributed by atoms with Gasteiger partial charge < -0.3 is 5.32 Å². The molecule has 0 bridgehead atoms. The molecule has 0 spiro atoms. The van der Waals surface area contributed by atoms with Crippen molar-refractivity contribution in [1.82, 2.24) is 0 Å². The maximum atomic E-state index is 5.09. The molecule has 1 rings (SSSR count). The number of aryl methyl sites for hydroxylation is 2. The number of hydrogen-bond donors (Lipinski definition) is 1. The second kappa shape index (κ2) is 5.01. The van der Waals surface area contributed by atoms with E-state index in [2.05, 4.69) is 17.4 Å². The third-order valence-corrected chi connectivity index (χ3v) is 1.51. The molecule has 2 heteroatoms. The zero-order chi connectivity index (χ0) is 8.27. The predicted octanol–water partition coefficient (Wildman–Crippen LogP) is 2.10. The second-order valence-electron chi connectivity index (χ2n) is 2.48. The van der Waals surface area contributed by atoms with Crippen LogP contribution in [0.5, 0.6) is 0 Å². The third-order valence-electron chi connectivity index (χ3n) is 1.51. The number of benzene rings is 1. The molecular formula is C10H10NW-. The van der Waals surface area contributed by atoms with E-state index in [0.29, 0.717) is 0 Å². The molecule has 0 amide bonds. The summed E-state index contributed by atoms with van der Waals surface area (Å²) in [6.45, 7) is 4.02. The molecule has 0 unspecified atom stereocenters. The summed E-state index contributed by atoms with van der Waals surface area (Å²) in [5.41, 5.74) is 3.24. The average Bonchev–Trinajstić information content (AvgIpc) is 1.95. The fourth-order valence-corrected chi connectivity index (χ4v) is 0.956. The van der Waals surface area contributed by atoms with Crippen molar-refractivity contribution in [3.63, 3.8) is 0 Å². The van der Waals surface area contributed by atoms with Gasteiger partial charge in [0.15, 0.2) is 0 Å². The maximum absolute atomic E-state index is 5.09. The van der Waals surface area contributed by atoms with Gasteiger partial charge in [0.05, 0.1) is 0 Å². The third kappa shape index (κ3) is 2.72. The van der Waals surface area contributed by atoms with E-state index < -0.39 is 0 Å². The van der Waals surface area contributed by atoms with Gasteiger partial charge in [-0.3, -0.25) is 0 Å². The summed E-state index contributed by atoms with van der Waals surface area (Å²) in [6.07, 6.45) is 5.09. The number of anilines is 1. The fourth-order valence-electron chi connectivity index (χ4n) is 0.956. The molecule has 0 heterocycles. The summed E-state index contributed by atoms with van der Waals surface area (Å²) in [7, 11) is 0. The number of hydrogen-bond acceptors (Lipinski definition) is 1. The van der Waals surface area contributed by atoms with Crippen LogP contribution in [-0.4, -0.2) is 0 Å². The van der Waals surface area contributed by atoms with Crippen LogP contribution < -0.4 is 5.32 Å². The van der Waals surface area contributed by atoms with Crippen molar-refractivity contribution in [2.75, 3.05) is 5.32 Å². The second-order valence-corrected chi connectivity index (χ2v) is 2.48. The van der Waals surface area contributed by atoms with Gasteiger partial charge in [-0.05, 0) is 6.04 Å². The largest absolute Gasteiger partial charge is 0.368 e. The van der Waals surface area contributed by atoms with Crippen molar-refractivity contribution in [3.8, 4) is 12.5 Å². The minimum atomic E-state index is 0. The Morgan fingerprint density at radius 2 is 2.17 bits per heavy atom. The standard InChI is InChI=1S/C10H10N.W/c1-4-11-10-6-5-8(2)7-9(10)3;/h1,6-7,11H,2-3H3;/q-1;. The van der Waals surface area contributed by atoms with E-state index in [1.807, 2.05) is 26.0 Å². The van der Waals surface area contributed by atoms with Gasteiger partial charge in [-0.2, -0.15) is 23.8 Å². The summed E-state index contributed by atoms with van der Waals surface area (Å²) in [5.74, 6) is 0. The molecule has 1 aromatic carbocycles. The Labute approximate surface area is 87.8 Å². The normalized spacial score (nSPS) is 8.08. The van der Waals surface area contributed by atoms with Crippen LogP contribution in [0.2, 0.25) is 0 Å². The van der Waals surface area contributed by atoms with Gasteiger partial charge in [0.1, 0.15) is 0 Å². The van der Waals surface area contributed by atoms with Crippen LogP contribution in [0.3, 0.4) is 0 Å². The van der Waals surface area contributed by atoms with E-state index in [1.54, 1.807) is 0 Å². The first-order chi connectivity index (χ1) is 5.24. The first kappa shape index (κ1) is 11.3. The summed E-state index contributed by atoms with van der Waals surface area (Å²) in [4.78, 5) is 0. The van der Waals surface area contributed by atoms with Crippen molar-refractivity contribution in [2.45, 2.75) is 13.8 Å². The van der Waals surface area contributed by atoms with Crippen LogP contribution in [0, 0.1) is 32.4 Å². The topological polar surface area (TPSA) is 12.0 Å². The van der Waals surface area contributed by atoms with Crippen LogP contribution in [0.1, 0.15) is 11.1 Å². The summed E-state index contributed by atoms with van der Waals surface area (Å²) < 4.78 is 0. The minimum Gasteiger partial charge on any atom is -0.368 e. The Balaban J connectivity index is 0.00000121. The van der Waals surface area contributed by atoms with Crippen LogP contribution in [0.15, 0.2) is 12.1 Å². The monoisotopic (exact) mass is 328 g/mol. The van der Waals surface area contributed by atoms with Crippen LogP contribution in [0.25, 0.3) is 0 Å². The van der Waals surface area contributed by atoms with Crippen molar-refractivity contribution >= 4 is 5.69 Å². The van der Waals surface area contributed by atoms with Crippen molar-refractivity contribution in [3.05, 3.63) is 29.3 Å². The maximum Gasteiger partial charge on any atom is 0 e. The molecule has 0 aliphatic rings. The van der Waals surface area contributed by atoms with E-state index in [9.17, 15) is 0 Å². The SMILES string of the molecule is C#CNc1c[c-]c(C)cc1C.[W]. The quantitative estimate of drug-likeness (QED) is 0.473. The molecule has 0 saturated carbocycles. The Hall–Kier alpha value is -0.732. The van der Waals surface area contributed by atoms with Gasteiger partial charge in [-0.1, -0.05) is 26.0 Å². The zero-order valence-corrected chi connectivity index (χ0v) is 10.1. The molecule has 0 saturated heterocycles. The zero-order valence-electron chi connectivity index (χ0n) is 7.14. The fraction of sp³-hybridized carbons (Fsp3) is 0.200. The molecule has 0 radical (unpaired) electrons. The van der Waals surface area contributed by atoms with Gasteiger partial charge in [-0.25, -0.2) is 0 Å². The Morgan fingerprint density at radius 1 is 1.50 bits per heavy atom. The number of terminal acetylenes is 1. The molecule has 1 N–H and O–H groups in total. The Morgan fingerprint density at radius 3 is 2.67 bits per heavy atom. The Bertz CT molecular complexity index is 299. The summed E-state index contributed by atoms with van der Waals surface area (Å²) in [6, 6.07) is 9.35. The van der Waals surface area contributed by atoms with Crippen LogP contribution in [-0.2, 0) is 21.1 Å². The molecular weight excluding hydrogens is 318 g/mol. The van der Waals surface area contributed by atoms with Crippen LogP contribution >= 0.6 is 0 Å². The van der Waals surface area contributed by atoms with Crippen molar-refractivity contribution in [2.24, 2.45) is 0 Å². The van der Waals surface area contributed by atoms with Gasteiger partial charge in [-0.15, -0.1) is 5.56 Å². The molecule has 0 atom stereocenters. The van der Waals surface area contributed by atoms with Gasteiger partial charge in [0, 0.05) is 21.1 Å². The average molecular weight is 328 g/mol. The van der Waals surface area contributed by atoms with E-state index in [4.69, 9.17) is 6.42 Å². The number of nitrogens with one attached hydrogen (secondary N) is 1. The molecule has 0 aromatic heterocycles. The van der Waals surface area contributed by atoms with Gasteiger partial charge in [0.2, 0.25) is 0 Å². The first-order valence-electron chi connectivity index (χ1n) is 3.44. The minimum absolute atomic E-state index is 0. The van der Waals surface area contributed by atoms with Crippen molar-refractivity contribution in [1.29, 1.82) is 0 Å². The van der Waals surface area contributed by atoms with Crippen molar-refractivity contribution < 1.29 is 21.1 Å².